The maximum Gasteiger partial charge on any atom is 0.407 e. The summed E-state index contributed by atoms with van der Waals surface area (Å²) >= 11 is 3.09. The van der Waals surface area contributed by atoms with Crippen molar-refractivity contribution < 1.29 is 31.1 Å². The Morgan fingerprint density at radius 1 is 1.00 bits per heavy atom. The molecular formula is C12H9BrF6O. The van der Waals surface area contributed by atoms with Crippen molar-refractivity contribution in [2.45, 2.75) is 26.2 Å². The minimum atomic E-state index is -5.68. The highest BCUT2D eigenvalue weighted by molar-refractivity contribution is 9.10. The Labute approximate surface area is 119 Å². The molecule has 0 atom stereocenters. The Morgan fingerprint density at radius 2 is 1.45 bits per heavy atom. The normalized spacial score (nSPS) is 12.9. The van der Waals surface area contributed by atoms with E-state index in [0.29, 0.717) is 10.0 Å². The summed E-state index contributed by atoms with van der Waals surface area (Å²) in [7, 11) is 0. The molecule has 0 aromatic heterocycles. The number of alkyl halides is 6. The molecule has 112 valence electrons. The van der Waals surface area contributed by atoms with E-state index >= 15 is 0 Å². The van der Waals surface area contributed by atoms with E-state index in [2.05, 4.69) is 15.9 Å². The highest BCUT2D eigenvalue weighted by Crippen LogP contribution is 2.41. The van der Waals surface area contributed by atoms with Gasteiger partial charge in [0.15, 0.2) is 5.78 Å². The van der Waals surface area contributed by atoms with Crippen LogP contribution in [-0.2, 0) is 0 Å². The molecule has 1 nitrogen and oxygen atoms in total. The van der Waals surface area contributed by atoms with Crippen LogP contribution in [0.25, 0.3) is 0 Å². The van der Waals surface area contributed by atoms with Crippen molar-refractivity contribution in [2.75, 3.05) is 0 Å². The predicted molar refractivity (Wildman–Crippen MR) is 63.5 cm³/mol. The maximum absolute atomic E-state index is 12.5. The van der Waals surface area contributed by atoms with E-state index in [-0.39, 0.29) is 5.56 Å². The van der Waals surface area contributed by atoms with Crippen molar-refractivity contribution in [3.63, 3.8) is 0 Å². The summed E-state index contributed by atoms with van der Waals surface area (Å²) in [6.07, 6.45) is -11.4. The Bertz CT molecular complexity index is 518. The number of Topliss-reactive ketones (excluding diaryl/α,β-unsaturated/α-hetero) is 1. The number of carbonyl (C=O) groups excluding carboxylic acids is 1. The Hall–Kier alpha value is -1.05. The van der Waals surface area contributed by atoms with Crippen LogP contribution in [0.3, 0.4) is 0 Å². The summed E-state index contributed by atoms with van der Waals surface area (Å²) in [4.78, 5) is 11.7. The fourth-order valence-electron chi connectivity index (χ4n) is 1.68. The van der Waals surface area contributed by atoms with Gasteiger partial charge in [0.1, 0.15) is 0 Å². The lowest BCUT2D eigenvalue weighted by atomic mass is 9.92. The van der Waals surface area contributed by atoms with Crippen LogP contribution in [0.15, 0.2) is 16.6 Å². The van der Waals surface area contributed by atoms with E-state index in [1.54, 1.807) is 0 Å². The zero-order valence-electron chi connectivity index (χ0n) is 10.3. The van der Waals surface area contributed by atoms with Crippen LogP contribution in [0.1, 0.15) is 21.5 Å². The number of carbonyl (C=O) groups is 1. The van der Waals surface area contributed by atoms with E-state index in [9.17, 15) is 31.1 Å². The van der Waals surface area contributed by atoms with Gasteiger partial charge in [-0.2, -0.15) is 26.3 Å². The molecule has 0 unspecified atom stereocenters. The van der Waals surface area contributed by atoms with Gasteiger partial charge >= 0.3 is 12.4 Å². The first-order valence-electron chi connectivity index (χ1n) is 5.30. The topological polar surface area (TPSA) is 17.1 Å². The van der Waals surface area contributed by atoms with Gasteiger partial charge in [0.2, 0.25) is 5.92 Å². The van der Waals surface area contributed by atoms with Crippen molar-refractivity contribution in [1.29, 1.82) is 0 Å². The largest absolute Gasteiger partial charge is 0.407 e. The number of hydrogen-bond acceptors (Lipinski definition) is 1. The lowest BCUT2D eigenvalue weighted by Crippen LogP contribution is -2.42. The first-order chi connectivity index (χ1) is 8.85. The van der Waals surface area contributed by atoms with Crippen LogP contribution in [0, 0.1) is 19.8 Å². The van der Waals surface area contributed by atoms with Crippen molar-refractivity contribution in [1.82, 2.24) is 0 Å². The predicted octanol–water partition coefficient (Wildman–Crippen LogP) is 4.99. The third-order valence-corrected chi connectivity index (χ3v) is 3.54. The average Bonchev–Trinajstić information content (AvgIpc) is 2.18. The van der Waals surface area contributed by atoms with Gasteiger partial charge in [0.05, 0.1) is 0 Å². The first-order valence-corrected chi connectivity index (χ1v) is 6.09. The van der Waals surface area contributed by atoms with Crippen LogP contribution >= 0.6 is 15.9 Å². The van der Waals surface area contributed by atoms with Crippen LogP contribution in [-0.4, -0.2) is 18.1 Å². The van der Waals surface area contributed by atoms with Gasteiger partial charge in [-0.05, 0) is 37.1 Å². The molecule has 0 saturated heterocycles. The number of halogens is 7. The molecular weight excluding hydrogens is 354 g/mol. The van der Waals surface area contributed by atoms with E-state index in [4.69, 9.17) is 0 Å². The Morgan fingerprint density at radius 3 is 1.85 bits per heavy atom. The zero-order chi connectivity index (χ0) is 15.9. The number of benzene rings is 1. The molecule has 8 heteroatoms. The van der Waals surface area contributed by atoms with Gasteiger partial charge in [0, 0.05) is 10.0 Å². The monoisotopic (exact) mass is 362 g/mol. The third-order valence-electron chi connectivity index (χ3n) is 2.69. The van der Waals surface area contributed by atoms with Gasteiger partial charge in [0.25, 0.3) is 0 Å². The standard InChI is InChI=1S/C12H9BrF6O/c1-5-4-8(13)6(2)3-7(5)9(20)10(11(14,15)16)12(17,18)19/h3-4,10H,1-2H3. The second kappa shape index (κ2) is 5.38. The van der Waals surface area contributed by atoms with Crippen LogP contribution in [0.4, 0.5) is 26.3 Å². The van der Waals surface area contributed by atoms with Crippen molar-refractivity contribution >= 4 is 21.7 Å². The average molecular weight is 363 g/mol. The fraction of sp³-hybridized carbons (Fsp3) is 0.417. The molecule has 0 aliphatic heterocycles. The van der Waals surface area contributed by atoms with E-state index in [1.807, 2.05) is 0 Å². The minimum Gasteiger partial charge on any atom is -0.293 e. The van der Waals surface area contributed by atoms with Crippen LogP contribution < -0.4 is 0 Å². The number of rotatable bonds is 2. The summed E-state index contributed by atoms with van der Waals surface area (Å²) in [6, 6.07) is 2.33. The molecule has 1 rings (SSSR count). The highest BCUT2D eigenvalue weighted by atomic mass is 79.9. The molecule has 0 spiro atoms. The molecule has 0 fully saturated rings. The quantitative estimate of drug-likeness (QED) is 0.535. The molecule has 0 heterocycles. The number of ketones is 1. The lowest BCUT2D eigenvalue weighted by molar-refractivity contribution is -0.264. The lowest BCUT2D eigenvalue weighted by Gasteiger charge is -2.22. The second-order valence-corrected chi connectivity index (χ2v) is 5.15. The van der Waals surface area contributed by atoms with Gasteiger partial charge in [-0.25, -0.2) is 0 Å². The summed E-state index contributed by atoms with van der Waals surface area (Å²) < 4.78 is 75.6. The molecule has 0 N–H and O–H groups in total. The first kappa shape index (κ1) is 17.0. The molecule has 0 bridgehead atoms. The minimum absolute atomic E-state index is 0.0472. The van der Waals surface area contributed by atoms with E-state index in [1.165, 1.54) is 19.9 Å². The molecule has 20 heavy (non-hydrogen) atoms. The zero-order valence-corrected chi connectivity index (χ0v) is 11.9. The van der Waals surface area contributed by atoms with E-state index < -0.39 is 29.6 Å². The van der Waals surface area contributed by atoms with Gasteiger partial charge in [-0.1, -0.05) is 15.9 Å². The van der Waals surface area contributed by atoms with Crippen molar-refractivity contribution in [3.8, 4) is 0 Å². The van der Waals surface area contributed by atoms with Crippen LogP contribution in [0.2, 0.25) is 0 Å². The summed E-state index contributed by atoms with van der Waals surface area (Å²) in [5, 5.41) is 0. The summed E-state index contributed by atoms with van der Waals surface area (Å²) in [6.45, 7) is 2.75. The molecule has 0 aliphatic carbocycles. The Balaban J connectivity index is 3.38. The molecule has 0 aliphatic rings. The number of aryl methyl sites for hydroxylation is 2. The summed E-state index contributed by atoms with van der Waals surface area (Å²) in [5.41, 5.74) is -0.154. The fourth-order valence-corrected chi connectivity index (χ4v) is 2.14. The van der Waals surface area contributed by atoms with Gasteiger partial charge < -0.3 is 0 Å². The SMILES string of the molecule is Cc1cc(C(=O)C(C(F)(F)F)C(F)(F)F)c(C)cc1Br. The molecule has 0 saturated carbocycles. The van der Waals surface area contributed by atoms with Gasteiger partial charge in [-0.3, -0.25) is 4.79 Å². The Kier molecular flexibility index (Phi) is 4.58. The third kappa shape index (κ3) is 3.53. The molecule has 0 radical (unpaired) electrons. The molecule has 1 aromatic carbocycles. The van der Waals surface area contributed by atoms with Crippen molar-refractivity contribution in [2.24, 2.45) is 5.92 Å². The summed E-state index contributed by atoms with van der Waals surface area (Å²) in [5.74, 6) is -5.99. The van der Waals surface area contributed by atoms with Crippen molar-refractivity contribution in [3.05, 3.63) is 33.3 Å². The van der Waals surface area contributed by atoms with E-state index in [0.717, 1.165) is 6.07 Å². The highest BCUT2D eigenvalue weighted by Gasteiger charge is 2.61. The molecule has 1 aromatic rings. The second-order valence-electron chi connectivity index (χ2n) is 4.30. The maximum atomic E-state index is 12.5. The molecule has 0 amide bonds. The van der Waals surface area contributed by atoms with Crippen LogP contribution in [0.5, 0.6) is 0 Å². The smallest absolute Gasteiger partial charge is 0.293 e. The number of hydrogen-bond donors (Lipinski definition) is 0. The van der Waals surface area contributed by atoms with Gasteiger partial charge in [-0.15, -0.1) is 0 Å².